The maximum absolute atomic E-state index is 13.4. The molecule has 4 aliphatic rings. The van der Waals surface area contributed by atoms with Crippen LogP contribution in [0.15, 0.2) is 4.99 Å². The van der Waals surface area contributed by atoms with E-state index in [0.29, 0.717) is 43.3 Å². The van der Waals surface area contributed by atoms with Crippen LogP contribution in [0.5, 0.6) is 0 Å². The maximum atomic E-state index is 13.4. The monoisotopic (exact) mass is 396 g/mol. The number of rotatable bonds is 4. The van der Waals surface area contributed by atoms with Crippen molar-refractivity contribution in [1.29, 1.82) is 0 Å². The minimum atomic E-state index is -0.635. The van der Waals surface area contributed by atoms with Gasteiger partial charge in [0.1, 0.15) is 12.3 Å². The molecule has 0 radical (unpaired) electrons. The number of nitrogens with one attached hydrogen (secondary N) is 5. The predicted molar refractivity (Wildman–Crippen MR) is 104 cm³/mol. The summed E-state index contributed by atoms with van der Waals surface area (Å²) in [5, 5.41) is 6.37. The highest BCUT2D eigenvalue weighted by Crippen LogP contribution is 2.31. The number of nitrogens with zero attached hydrogens (tertiary/aromatic N) is 1. The Morgan fingerprint density at radius 3 is 2.57 bits per heavy atom. The maximum Gasteiger partial charge on any atom is 0.233 e. The number of hydroxylamine groups is 1. The highest BCUT2D eigenvalue weighted by molar-refractivity contribution is 5.98. The second-order valence-electron chi connectivity index (χ2n) is 8.68. The lowest BCUT2D eigenvalue weighted by Gasteiger charge is -2.29. The molecule has 9 heteroatoms. The first-order valence-corrected chi connectivity index (χ1v) is 10.8. The average Bonchev–Trinajstić information content (AvgIpc) is 3.27. The molecule has 28 heavy (non-hydrogen) atoms. The molecule has 2 saturated heterocycles. The van der Waals surface area contributed by atoms with E-state index in [0.717, 1.165) is 32.1 Å². The van der Waals surface area contributed by atoms with Gasteiger partial charge in [-0.15, -0.1) is 0 Å². The Kier molecular flexibility index (Phi) is 6.45. The second kappa shape index (κ2) is 9.02. The molecule has 0 bridgehead atoms. The Labute approximate surface area is 165 Å². The summed E-state index contributed by atoms with van der Waals surface area (Å²) in [6, 6.07) is 0.675. The van der Waals surface area contributed by atoms with Crippen LogP contribution in [0.2, 0.25) is 0 Å². The highest BCUT2D eigenvalue weighted by atomic mass is 19.1. The summed E-state index contributed by atoms with van der Waals surface area (Å²) in [4.78, 5) is 22.7. The van der Waals surface area contributed by atoms with Gasteiger partial charge in [-0.1, -0.05) is 0 Å². The van der Waals surface area contributed by atoms with Gasteiger partial charge >= 0.3 is 0 Å². The Morgan fingerprint density at radius 1 is 1.14 bits per heavy atom. The summed E-state index contributed by atoms with van der Waals surface area (Å²) in [7, 11) is 0. The molecule has 0 spiro atoms. The standard InChI is InChI=1S/C19H33FN6O2/c1-11-15(10-21-28-11)18(27)24-19(22-14-3-2-4-14)23-17-9-16(25-26-17)12-5-7-13(20)8-6-12/h11-17,21,25-26H,2-10H2,1H3,(H2,22,23,24,27). The fraction of sp³-hybridized carbons (Fsp3) is 0.895. The molecule has 158 valence electrons. The number of aliphatic imine (C=N–C) groups is 1. The van der Waals surface area contributed by atoms with Crippen LogP contribution in [0, 0.1) is 11.8 Å². The molecule has 2 aliphatic carbocycles. The Hall–Kier alpha value is -1.29. The van der Waals surface area contributed by atoms with Crippen molar-refractivity contribution in [2.75, 3.05) is 6.54 Å². The molecule has 4 rings (SSSR count). The molecule has 8 nitrogen and oxygen atoms in total. The van der Waals surface area contributed by atoms with Crippen LogP contribution in [-0.4, -0.2) is 48.9 Å². The molecular formula is C19H33FN6O2. The highest BCUT2D eigenvalue weighted by Gasteiger charge is 2.35. The first kappa shape index (κ1) is 20.0. The number of hydrogen-bond acceptors (Lipinski definition) is 6. The van der Waals surface area contributed by atoms with E-state index in [1.807, 2.05) is 6.92 Å². The quantitative estimate of drug-likeness (QED) is 0.357. The van der Waals surface area contributed by atoms with Crippen molar-refractivity contribution in [3.63, 3.8) is 0 Å². The molecular weight excluding hydrogens is 363 g/mol. The van der Waals surface area contributed by atoms with E-state index in [1.165, 1.54) is 6.42 Å². The van der Waals surface area contributed by atoms with E-state index in [2.05, 4.69) is 27.0 Å². The first-order chi connectivity index (χ1) is 13.6. The van der Waals surface area contributed by atoms with Crippen LogP contribution in [0.1, 0.15) is 58.3 Å². The first-order valence-electron chi connectivity index (χ1n) is 10.8. The van der Waals surface area contributed by atoms with Gasteiger partial charge in [-0.2, -0.15) is 0 Å². The smallest absolute Gasteiger partial charge is 0.233 e. The Balaban J connectivity index is 1.35. The predicted octanol–water partition coefficient (Wildman–Crippen LogP) is 0.861. The molecule has 0 aromatic heterocycles. The largest absolute Gasteiger partial charge is 0.353 e. The molecule has 4 atom stereocenters. The molecule has 4 fully saturated rings. The SMILES string of the molecule is CC1ONCC1C(=O)N/C(=N/C1CC(C2CCC(F)CC2)NN1)NC1CCC1. The van der Waals surface area contributed by atoms with Crippen LogP contribution in [0.4, 0.5) is 4.39 Å². The molecule has 5 N–H and O–H groups in total. The van der Waals surface area contributed by atoms with Gasteiger partial charge in [0.05, 0.1) is 12.0 Å². The Morgan fingerprint density at radius 2 is 1.93 bits per heavy atom. The van der Waals surface area contributed by atoms with Gasteiger partial charge in [-0.05, 0) is 57.8 Å². The zero-order chi connectivity index (χ0) is 19.5. The lowest BCUT2D eigenvalue weighted by molar-refractivity contribution is -0.124. The molecule has 0 aromatic rings. The van der Waals surface area contributed by atoms with E-state index >= 15 is 0 Å². The zero-order valence-corrected chi connectivity index (χ0v) is 16.5. The van der Waals surface area contributed by atoms with Crippen LogP contribution in [-0.2, 0) is 9.63 Å². The lowest BCUT2D eigenvalue weighted by atomic mass is 9.82. The molecule has 1 amide bonds. The van der Waals surface area contributed by atoms with Gasteiger partial charge in [-0.25, -0.2) is 20.3 Å². The van der Waals surface area contributed by atoms with Crippen LogP contribution in [0.25, 0.3) is 0 Å². The van der Waals surface area contributed by atoms with Gasteiger partial charge in [0.25, 0.3) is 0 Å². The van der Waals surface area contributed by atoms with Crippen molar-refractivity contribution >= 4 is 11.9 Å². The summed E-state index contributed by atoms with van der Waals surface area (Å²) in [5.41, 5.74) is 9.38. The van der Waals surface area contributed by atoms with Crippen molar-refractivity contribution in [3.8, 4) is 0 Å². The fourth-order valence-corrected chi connectivity index (χ4v) is 4.48. The van der Waals surface area contributed by atoms with Gasteiger partial charge in [0.2, 0.25) is 5.91 Å². The summed E-state index contributed by atoms with van der Waals surface area (Å²) in [6.07, 6.45) is 6.53. The number of amides is 1. The van der Waals surface area contributed by atoms with Crippen LogP contribution >= 0.6 is 0 Å². The zero-order valence-electron chi connectivity index (χ0n) is 16.5. The number of alkyl halides is 1. The third-order valence-corrected chi connectivity index (χ3v) is 6.63. The number of hydrogen-bond donors (Lipinski definition) is 5. The fourth-order valence-electron chi connectivity index (χ4n) is 4.48. The number of hydrazine groups is 1. The second-order valence-corrected chi connectivity index (χ2v) is 8.68. The normalized spacial score (nSPS) is 39.6. The lowest BCUT2D eigenvalue weighted by Crippen LogP contribution is -2.51. The number of halogens is 1. The minimum absolute atomic E-state index is 0.0770. The topological polar surface area (TPSA) is 98.8 Å². The summed E-state index contributed by atoms with van der Waals surface area (Å²) in [6.45, 7) is 2.39. The van der Waals surface area contributed by atoms with E-state index in [4.69, 9.17) is 9.83 Å². The van der Waals surface area contributed by atoms with Crippen LogP contribution < -0.4 is 27.0 Å². The molecule has 2 heterocycles. The van der Waals surface area contributed by atoms with Gasteiger partial charge in [0.15, 0.2) is 5.96 Å². The third kappa shape index (κ3) is 4.82. The van der Waals surface area contributed by atoms with Crippen molar-refractivity contribution in [2.24, 2.45) is 16.8 Å². The number of carbonyl (C=O) groups is 1. The number of guanidine groups is 1. The van der Waals surface area contributed by atoms with E-state index in [-0.39, 0.29) is 24.1 Å². The minimum Gasteiger partial charge on any atom is -0.353 e. The van der Waals surface area contributed by atoms with Gasteiger partial charge in [-0.3, -0.25) is 20.4 Å². The summed E-state index contributed by atoms with van der Waals surface area (Å²) >= 11 is 0. The van der Waals surface area contributed by atoms with Crippen LogP contribution in [0.3, 0.4) is 0 Å². The van der Waals surface area contributed by atoms with E-state index in [9.17, 15) is 9.18 Å². The summed E-state index contributed by atoms with van der Waals surface area (Å²) < 4.78 is 13.4. The van der Waals surface area contributed by atoms with E-state index < -0.39 is 6.17 Å². The molecule has 2 aliphatic heterocycles. The molecule has 4 unspecified atom stereocenters. The van der Waals surface area contributed by atoms with Gasteiger partial charge in [0, 0.05) is 25.0 Å². The average molecular weight is 397 g/mol. The summed E-state index contributed by atoms with van der Waals surface area (Å²) in [5.74, 6) is 0.722. The number of carbonyl (C=O) groups excluding carboxylic acids is 1. The Bertz CT molecular complexity index is 579. The third-order valence-electron chi connectivity index (χ3n) is 6.63. The van der Waals surface area contributed by atoms with Crippen molar-refractivity contribution < 1.29 is 14.0 Å². The van der Waals surface area contributed by atoms with Crippen molar-refractivity contribution in [1.82, 2.24) is 27.0 Å². The molecule has 0 aromatic carbocycles. The van der Waals surface area contributed by atoms with Gasteiger partial charge < -0.3 is 5.32 Å². The van der Waals surface area contributed by atoms with Crippen molar-refractivity contribution in [3.05, 3.63) is 0 Å². The molecule has 2 saturated carbocycles. The van der Waals surface area contributed by atoms with Crippen molar-refractivity contribution in [2.45, 2.75) is 88.8 Å². The van der Waals surface area contributed by atoms with E-state index in [1.54, 1.807) is 0 Å².